The van der Waals surface area contributed by atoms with Gasteiger partial charge in [-0.05, 0) is 48.6 Å². The Kier molecular flexibility index (Phi) is 4.63. The van der Waals surface area contributed by atoms with E-state index in [1.807, 2.05) is 50.2 Å². The first-order valence-corrected chi connectivity index (χ1v) is 6.94. The van der Waals surface area contributed by atoms with Crippen molar-refractivity contribution in [1.82, 2.24) is 0 Å². The van der Waals surface area contributed by atoms with Crippen molar-refractivity contribution in [3.05, 3.63) is 64.7 Å². The van der Waals surface area contributed by atoms with E-state index in [2.05, 4.69) is 6.07 Å². The molecule has 2 aromatic rings. The Labute approximate surface area is 125 Å². The highest BCUT2D eigenvalue weighted by Gasteiger charge is 2.23. The Morgan fingerprint density at radius 2 is 1.86 bits per heavy atom. The van der Waals surface area contributed by atoms with E-state index >= 15 is 0 Å². The Balaban J connectivity index is 2.41. The second-order valence-corrected chi connectivity index (χ2v) is 5.27. The van der Waals surface area contributed by atoms with E-state index in [0.29, 0.717) is 6.42 Å². The first-order chi connectivity index (χ1) is 10.0. The molecule has 0 saturated carbocycles. The fourth-order valence-corrected chi connectivity index (χ4v) is 2.64. The fraction of sp³-hybridized carbons (Fsp3) is 0.278. The normalized spacial score (nSPS) is 12.0. The monoisotopic (exact) mass is 284 g/mol. The third-order valence-corrected chi connectivity index (χ3v) is 3.70. The van der Waals surface area contributed by atoms with E-state index in [1.165, 1.54) is 0 Å². The zero-order chi connectivity index (χ0) is 15.4. The van der Waals surface area contributed by atoms with Gasteiger partial charge in [-0.15, -0.1) is 0 Å². The lowest BCUT2D eigenvalue weighted by Gasteiger charge is -2.18. The van der Waals surface area contributed by atoms with Gasteiger partial charge in [0, 0.05) is 0 Å². The van der Waals surface area contributed by atoms with Crippen LogP contribution >= 0.6 is 0 Å². The second kappa shape index (κ2) is 6.44. The summed E-state index contributed by atoms with van der Waals surface area (Å²) in [4.78, 5) is 11.6. The van der Waals surface area contributed by atoms with Crippen molar-refractivity contribution in [1.29, 1.82) is 0 Å². The lowest BCUT2D eigenvalue weighted by Crippen LogP contribution is -2.15. The number of hydrogen-bond donors (Lipinski definition) is 1. The van der Waals surface area contributed by atoms with Crippen molar-refractivity contribution in [3.8, 4) is 5.75 Å². The van der Waals surface area contributed by atoms with Crippen LogP contribution in [-0.4, -0.2) is 18.2 Å². The second-order valence-electron chi connectivity index (χ2n) is 5.27. The molecule has 0 radical (unpaired) electrons. The lowest BCUT2D eigenvalue weighted by atomic mass is 9.89. The molecule has 0 saturated heterocycles. The molecule has 2 aromatic carbocycles. The molecule has 0 aromatic heterocycles. The molecule has 1 N–H and O–H groups in total. The maximum absolute atomic E-state index is 11.6. The third kappa shape index (κ3) is 3.43. The predicted octanol–water partition coefficient (Wildman–Crippen LogP) is 3.72. The molecule has 1 unspecified atom stereocenters. The van der Waals surface area contributed by atoms with Gasteiger partial charge in [-0.2, -0.15) is 0 Å². The van der Waals surface area contributed by atoms with Gasteiger partial charge in [0.2, 0.25) is 0 Å². The summed E-state index contributed by atoms with van der Waals surface area (Å²) in [6, 6.07) is 13.3. The molecular formula is C18H20O3. The smallest absolute Gasteiger partial charge is 0.311 e. The highest BCUT2D eigenvalue weighted by atomic mass is 16.5. The van der Waals surface area contributed by atoms with Crippen molar-refractivity contribution in [2.24, 2.45) is 0 Å². The van der Waals surface area contributed by atoms with Crippen molar-refractivity contribution >= 4 is 5.97 Å². The van der Waals surface area contributed by atoms with Crippen LogP contribution in [0, 0.1) is 13.8 Å². The van der Waals surface area contributed by atoms with Gasteiger partial charge in [0.05, 0.1) is 13.0 Å². The van der Waals surface area contributed by atoms with Crippen LogP contribution in [0.1, 0.15) is 28.2 Å². The molecule has 0 aliphatic rings. The molecule has 2 rings (SSSR count). The number of rotatable bonds is 5. The molecule has 0 heterocycles. The van der Waals surface area contributed by atoms with E-state index in [9.17, 15) is 9.90 Å². The summed E-state index contributed by atoms with van der Waals surface area (Å²) in [5.41, 5.74) is 3.94. The molecule has 0 aliphatic carbocycles. The maximum atomic E-state index is 11.6. The van der Waals surface area contributed by atoms with E-state index < -0.39 is 11.9 Å². The number of ether oxygens (including phenoxy) is 1. The molecule has 0 bridgehead atoms. The highest BCUT2D eigenvalue weighted by molar-refractivity contribution is 5.76. The van der Waals surface area contributed by atoms with E-state index in [0.717, 1.165) is 28.0 Å². The molecule has 21 heavy (non-hydrogen) atoms. The summed E-state index contributed by atoms with van der Waals surface area (Å²) in [6.45, 7) is 4.00. The van der Waals surface area contributed by atoms with Crippen molar-refractivity contribution in [3.63, 3.8) is 0 Å². The number of benzene rings is 2. The van der Waals surface area contributed by atoms with Gasteiger partial charge in [0.15, 0.2) is 0 Å². The summed E-state index contributed by atoms with van der Waals surface area (Å²) < 4.78 is 5.43. The average molecular weight is 284 g/mol. The summed E-state index contributed by atoms with van der Waals surface area (Å²) in [7, 11) is 1.62. The average Bonchev–Trinajstić information content (AvgIpc) is 2.46. The Hall–Kier alpha value is -2.29. The highest BCUT2D eigenvalue weighted by Crippen LogP contribution is 2.30. The number of methoxy groups -OCH3 is 1. The molecule has 0 amide bonds. The van der Waals surface area contributed by atoms with Crippen molar-refractivity contribution < 1.29 is 14.6 Å². The summed E-state index contributed by atoms with van der Waals surface area (Å²) in [5, 5.41) is 9.56. The Morgan fingerprint density at radius 1 is 1.19 bits per heavy atom. The summed E-state index contributed by atoms with van der Waals surface area (Å²) in [5.74, 6) is -0.626. The quantitative estimate of drug-likeness (QED) is 0.910. The minimum atomic E-state index is -0.816. The van der Waals surface area contributed by atoms with Gasteiger partial charge in [0.1, 0.15) is 5.75 Å². The van der Waals surface area contributed by atoms with Crippen LogP contribution in [0.5, 0.6) is 5.75 Å². The molecule has 110 valence electrons. The van der Waals surface area contributed by atoms with Gasteiger partial charge < -0.3 is 9.84 Å². The van der Waals surface area contributed by atoms with Crippen LogP contribution in [0.25, 0.3) is 0 Å². The molecule has 3 heteroatoms. The zero-order valence-corrected chi connectivity index (χ0v) is 12.6. The van der Waals surface area contributed by atoms with Crippen molar-refractivity contribution in [2.45, 2.75) is 26.2 Å². The Bertz CT molecular complexity index is 632. The van der Waals surface area contributed by atoms with Crippen LogP contribution in [-0.2, 0) is 11.2 Å². The largest absolute Gasteiger partial charge is 0.496 e. The van der Waals surface area contributed by atoms with Gasteiger partial charge in [0.25, 0.3) is 0 Å². The van der Waals surface area contributed by atoms with Gasteiger partial charge in [-0.3, -0.25) is 4.79 Å². The van der Waals surface area contributed by atoms with Crippen LogP contribution in [0.2, 0.25) is 0 Å². The predicted molar refractivity (Wildman–Crippen MR) is 83.0 cm³/mol. The van der Waals surface area contributed by atoms with E-state index in [-0.39, 0.29) is 0 Å². The fourth-order valence-electron chi connectivity index (χ4n) is 2.64. The molecule has 0 fully saturated rings. The minimum absolute atomic E-state index is 0.425. The first kappa shape index (κ1) is 15.1. The van der Waals surface area contributed by atoms with E-state index in [4.69, 9.17) is 4.74 Å². The molecule has 0 spiro atoms. The molecular weight excluding hydrogens is 264 g/mol. The zero-order valence-electron chi connectivity index (χ0n) is 12.6. The van der Waals surface area contributed by atoms with Gasteiger partial charge in [-0.1, -0.05) is 36.4 Å². The van der Waals surface area contributed by atoms with Crippen LogP contribution in [0.4, 0.5) is 0 Å². The summed E-state index contributed by atoms with van der Waals surface area (Å²) >= 11 is 0. The lowest BCUT2D eigenvalue weighted by molar-refractivity contribution is -0.138. The SMILES string of the molecule is COc1cc(C)cc(C)c1CC(C(=O)O)c1ccccc1. The first-order valence-electron chi connectivity index (χ1n) is 6.94. The number of carboxylic acids is 1. The summed E-state index contributed by atoms with van der Waals surface area (Å²) in [6.07, 6.45) is 0.425. The standard InChI is InChI=1S/C18H20O3/c1-12-9-13(2)15(17(10-12)21-3)11-16(18(19)20)14-7-5-4-6-8-14/h4-10,16H,11H2,1-3H3,(H,19,20). The van der Waals surface area contributed by atoms with Crippen LogP contribution in [0.15, 0.2) is 42.5 Å². The van der Waals surface area contributed by atoms with E-state index in [1.54, 1.807) is 7.11 Å². The number of aryl methyl sites for hydroxylation is 2. The Morgan fingerprint density at radius 3 is 2.43 bits per heavy atom. The number of carbonyl (C=O) groups is 1. The topological polar surface area (TPSA) is 46.5 Å². The van der Waals surface area contributed by atoms with Crippen LogP contribution < -0.4 is 4.74 Å². The van der Waals surface area contributed by atoms with Crippen molar-refractivity contribution in [2.75, 3.05) is 7.11 Å². The third-order valence-electron chi connectivity index (χ3n) is 3.70. The molecule has 3 nitrogen and oxygen atoms in total. The number of carboxylic acid groups (broad SMARTS) is 1. The van der Waals surface area contributed by atoms with Gasteiger partial charge in [-0.25, -0.2) is 0 Å². The number of aliphatic carboxylic acids is 1. The maximum Gasteiger partial charge on any atom is 0.311 e. The van der Waals surface area contributed by atoms with Gasteiger partial charge >= 0.3 is 5.97 Å². The molecule has 1 atom stereocenters. The minimum Gasteiger partial charge on any atom is -0.496 e. The number of hydrogen-bond acceptors (Lipinski definition) is 2. The van der Waals surface area contributed by atoms with Crippen LogP contribution in [0.3, 0.4) is 0 Å². The molecule has 0 aliphatic heterocycles.